The highest BCUT2D eigenvalue weighted by molar-refractivity contribution is 7.22. The van der Waals surface area contributed by atoms with Crippen molar-refractivity contribution in [2.75, 3.05) is 4.90 Å². The van der Waals surface area contributed by atoms with Crippen LogP contribution in [0.1, 0.15) is 15.9 Å². The molecule has 0 atom stereocenters. The van der Waals surface area contributed by atoms with Crippen LogP contribution in [0.2, 0.25) is 0 Å². The summed E-state index contributed by atoms with van der Waals surface area (Å²) < 4.78 is 14.9. The van der Waals surface area contributed by atoms with Crippen molar-refractivity contribution >= 4 is 32.6 Å². The van der Waals surface area contributed by atoms with Gasteiger partial charge in [-0.3, -0.25) is 14.7 Å². The predicted molar refractivity (Wildman–Crippen MR) is 126 cm³/mol. The summed E-state index contributed by atoms with van der Waals surface area (Å²) in [6.07, 6.45) is 3.40. The molecule has 0 radical (unpaired) electrons. The van der Waals surface area contributed by atoms with Gasteiger partial charge >= 0.3 is 0 Å². The van der Waals surface area contributed by atoms with Crippen molar-refractivity contribution < 1.29 is 9.18 Å². The fraction of sp³-hybridized carbons (Fsp3) is 0.0385. The monoisotopic (exact) mass is 439 g/mol. The van der Waals surface area contributed by atoms with Crippen LogP contribution in [0.5, 0.6) is 0 Å². The summed E-state index contributed by atoms with van der Waals surface area (Å²) in [4.78, 5) is 23.7. The van der Waals surface area contributed by atoms with Gasteiger partial charge in [-0.25, -0.2) is 9.37 Å². The van der Waals surface area contributed by atoms with Crippen LogP contribution < -0.4 is 4.90 Å². The number of anilines is 1. The number of halogens is 1. The van der Waals surface area contributed by atoms with Crippen molar-refractivity contribution in [1.29, 1.82) is 0 Å². The average molecular weight is 440 g/mol. The Kier molecular flexibility index (Phi) is 5.44. The number of rotatable bonds is 5. The molecule has 0 saturated heterocycles. The maximum Gasteiger partial charge on any atom is 0.260 e. The Bertz CT molecular complexity index is 1370. The smallest absolute Gasteiger partial charge is 0.260 e. The molecular weight excluding hydrogens is 421 g/mol. The molecule has 0 aliphatic rings. The molecule has 4 nitrogen and oxygen atoms in total. The van der Waals surface area contributed by atoms with Crippen LogP contribution in [0.25, 0.3) is 21.3 Å². The fourth-order valence-electron chi connectivity index (χ4n) is 3.51. The molecule has 0 bridgehead atoms. The third-order valence-corrected chi connectivity index (χ3v) is 6.18. The lowest BCUT2D eigenvalue weighted by Crippen LogP contribution is -2.30. The largest absolute Gasteiger partial charge is 0.279 e. The van der Waals surface area contributed by atoms with E-state index in [0.717, 1.165) is 16.7 Å². The highest BCUT2D eigenvalue weighted by Gasteiger charge is 2.22. The van der Waals surface area contributed by atoms with Crippen molar-refractivity contribution in [3.05, 3.63) is 114 Å². The first kappa shape index (κ1) is 20.0. The van der Waals surface area contributed by atoms with Crippen molar-refractivity contribution in [1.82, 2.24) is 9.97 Å². The summed E-state index contributed by atoms with van der Waals surface area (Å²) in [5, 5.41) is 0.450. The number of nitrogens with zero attached hydrogens (tertiary/aromatic N) is 3. The first-order valence-electron chi connectivity index (χ1n) is 10.1. The molecule has 0 saturated carbocycles. The Morgan fingerprint density at radius 2 is 1.66 bits per heavy atom. The van der Waals surface area contributed by atoms with E-state index in [1.54, 1.807) is 29.4 Å². The second-order valence-electron chi connectivity index (χ2n) is 7.28. The molecule has 1 amide bonds. The van der Waals surface area contributed by atoms with E-state index in [1.165, 1.54) is 17.4 Å². The molecule has 6 heteroatoms. The Hall–Kier alpha value is -3.90. The van der Waals surface area contributed by atoms with E-state index in [2.05, 4.69) is 9.97 Å². The van der Waals surface area contributed by atoms with E-state index < -0.39 is 5.82 Å². The van der Waals surface area contributed by atoms with Crippen LogP contribution in [-0.4, -0.2) is 15.9 Å². The third kappa shape index (κ3) is 4.00. The maximum absolute atomic E-state index is 14.3. The van der Waals surface area contributed by atoms with Gasteiger partial charge in [0.2, 0.25) is 0 Å². The van der Waals surface area contributed by atoms with Gasteiger partial charge in [0.05, 0.1) is 11.2 Å². The molecule has 3 aromatic carbocycles. The van der Waals surface area contributed by atoms with Crippen molar-refractivity contribution in [2.45, 2.75) is 6.54 Å². The zero-order valence-corrected chi connectivity index (χ0v) is 17.8. The number of hydrogen-bond donors (Lipinski definition) is 0. The molecule has 2 aromatic heterocycles. The van der Waals surface area contributed by atoms with Crippen molar-refractivity contribution in [2.24, 2.45) is 0 Å². The Balaban J connectivity index is 1.52. The molecule has 2 heterocycles. The zero-order chi connectivity index (χ0) is 21.9. The van der Waals surface area contributed by atoms with Crippen molar-refractivity contribution in [3.8, 4) is 11.1 Å². The Morgan fingerprint density at radius 1 is 0.875 bits per heavy atom. The molecule has 0 aliphatic heterocycles. The number of para-hydroxylation sites is 1. The van der Waals surface area contributed by atoms with E-state index >= 15 is 0 Å². The lowest BCUT2D eigenvalue weighted by molar-refractivity contribution is 0.0985. The highest BCUT2D eigenvalue weighted by Crippen LogP contribution is 2.32. The zero-order valence-electron chi connectivity index (χ0n) is 17.0. The van der Waals surface area contributed by atoms with Gasteiger partial charge < -0.3 is 0 Å². The summed E-state index contributed by atoms with van der Waals surface area (Å²) in [6, 6.07) is 26.0. The standard InChI is InChI=1S/C26H18FN3OS/c27-22-9-4-10-23-24(22)29-26(32-23)30(17-18-6-5-15-28-16-18)25(31)21-13-11-20(12-14-21)19-7-2-1-3-8-19/h1-16H,17H2. The van der Waals surface area contributed by atoms with Gasteiger partial charge in [0.1, 0.15) is 11.3 Å². The first-order chi connectivity index (χ1) is 15.7. The second-order valence-corrected chi connectivity index (χ2v) is 8.29. The van der Waals surface area contributed by atoms with Gasteiger partial charge in [-0.15, -0.1) is 0 Å². The topological polar surface area (TPSA) is 46.1 Å². The van der Waals surface area contributed by atoms with Gasteiger partial charge in [0.25, 0.3) is 5.91 Å². The highest BCUT2D eigenvalue weighted by atomic mass is 32.1. The second kappa shape index (κ2) is 8.69. The van der Waals surface area contributed by atoms with E-state index in [4.69, 9.17) is 0 Å². The maximum atomic E-state index is 14.3. The molecule has 0 aliphatic carbocycles. The summed E-state index contributed by atoms with van der Waals surface area (Å²) in [7, 11) is 0. The number of carbonyl (C=O) groups is 1. The Labute approximate surface area is 188 Å². The van der Waals surface area contributed by atoms with Crippen molar-refractivity contribution in [3.63, 3.8) is 0 Å². The number of thiazole rings is 1. The molecular formula is C26H18FN3OS. The third-order valence-electron chi connectivity index (χ3n) is 5.14. The number of aromatic nitrogens is 2. The van der Waals surface area contributed by atoms with E-state index in [-0.39, 0.29) is 18.0 Å². The number of benzene rings is 3. The minimum Gasteiger partial charge on any atom is -0.279 e. The molecule has 0 fully saturated rings. The van der Waals surface area contributed by atoms with Gasteiger partial charge in [-0.1, -0.05) is 65.9 Å². The Morgan fingerprint density at radius 3 is 2.38 bits per heavy atom. The minimum absolute atomic E-state index is 0.201. The fourth-order valence-corrected chi connectivity index (χ4v) is 4.49. The van der Waals surface area contributed by atoms with Crippen LogP contribution in [0.4, 0.5) is 9.52 Å². The quantitative estimate of drug-likeness (QED) is 0.321. The van der Waals surface area contributed by atoms with E-state index in [9.17, 15) is 9.18 Å². The molecule has 5 rings (SSSR count). The van der Waals surface area contributed by atoms with Crippen LogP contribution in [0, 0.1) is 5.82 Å². The van der Waals surface area contributed by atoms with Gasteiger partial charge in [0, 0.05) is 18.0 Å². The average Bonchev–Trinajstić information content (AvgIpc) is 3.29. The molecule has 32 heavy (non-hydrogen) atoms. The molecule has 0 unspecified atom stereocenters. The molecule has 156 valence electrons. The number of carbonyl (C=O) groups excluding carboxylic acids is 1. The van der Waals surface area contributed by atoms with E-state index in [0.29, 0.717) is 15.4 Å². The first-order valence-corrected chi connectivity index (χ1v) is 10.9. The number of amides is 1. The normalized spacial score (nSPS) is 10.9. The summed E-state index contributed by atoms with van der Waals surface area (Å²) in [5.74, 6) is -0.598. The summed E-state index contributed by atoms with van der Waals surface area (Å²) in [5.41, 5.74) is 3.79. The molecule has 0 N–H and O–H groups in total. The molecule has 5 aromatic rings. The number of hydrogen-bond acceptors (Lipinski definition) is 4. The van der Waals surface area contributed by atoms with E-state index in [1.807, 2.05) is 66.7 Å². The SMILES string of the molecule is O=C(c1ccc(-c2ccccc2)cc1)N(Cc1cccnc1)c1nc2c(F)cccc2s1. The van der Waals surface area contributed by atoms with Crippen LogP contribution in [0.3, 0.4) is 0 Å². The summed E-state index contributed by atoms with van der Waals surface area (Å²) in [6.45, 7) is 0.286. The van der Waals surface area contributed by atoms with Crippen LogP contribution in [-0.2, 0) is 6.54 Å². The van der Waals surface area contributed by atoms with Gasteiger partial charge in [0.15, 0.2) is 5.13 Å². The van der Waals surface area contributed by atoms with Gasteiger partial charge in [-0.2, -0.15) is 0 Å². The number of pyridine rings is 1. The predicted octanol–water partition coefficient (Wildman–Crippen LogP) is 6.34. The van der Waals surface area contributed by atoms with Crippen LogP contribution >= 0.6 is 11.3 Å². The minimum atomic E-state index is -0.397. The number of fused-ring (bicyclic) bond motifs is 1. The summed E-state index contributed by atoms with van der Waals surface area (Å²) >= 11 is 1.30. The van der Waals surface area contributed by atoms with Crippen LogP contribution in [0.15, 0.2) is 97.3 Å². The molecule has 0 spiro atoms. The van der Waals surface area contributed by atoms with Gasteiger partial charge in [-0.05, 0) is 47.0 Å². The lowest BCUT2D eigenvalue weighted by atomic mass is 10.0. The lowest BCUT2D eigenvalue weighted by Gasteiger charge is -2.20.